The molecule has 5 nitrogen and oxygen atoms in total. The van der Waals surface area contributed by atoms with E-state index in [1.165, 1.54) is 5.56 Å². The van der Waals surface area contributed by atoms with Crippen LogP contribution in [-0.4, -0.2) is 22.4 Å². The summed E-state index contributed by atoms with van der Waals surface area (Å²) in [6.07, 6.45) is 3.02. The minimum absolute atomic E-state index is 0.159. The maximum Gasteiger partial charge on any atom is 0.270 e. The second kappa shape index (κ2) is 8.27. The predicted octanol–water partition coefficient (Wildman–Crippen LogP) is 3.62. The van der Waals surface area contributed by atoms with Gasteiger partial charge in [-0.1, -0.05) is 32.4 Å². The van der Waals surface area contributed by atoms with Crippen LogP contribution in [0.2, 0.25) is 0 Å². The van der Waals surface area contributed by atoms with Gasteiger partial charge in [-0.25, -0.2) is 9.97 Å². The fourth-order valence-corrected chi connectivity index (χ4v) is 2.19. The lowest BCUT2D eigenvalue weighted by molar-refractivity contribution is 0.0948. The number of carbonyl (C=O) groups is 1. The van der Waals surface area contributed by atoms with Crippen molar-refractivity contribution in [3.8, 4) is 0 Å². The summed E-state index contributed by atoms with van der Waals surface area (Å²) in [5, 5.41) is 6.10. The molecule has 5 heteroatoms. The third-order valence-corrected chi connectivity index (χ3v) is 3.52. The fourth-order valence-electron chi connectivity index (χ4n) is 2.19. The SMILES string of the molecule is CCCCNC(=O)c1cc(Nc2ccc(CC)cc2)nc(C)n1. The summed E-state index contributed by atoms with van der Waals surface area (Å²) in [6.45, 7) is 6.67. The molecule has 0 saturated heterocycles. The number of anilines is 2. The maximum atomic E-state index is 12.1. The number of hydrogen-bond donors (Lipinski definition) is 2. The highest BCUT2D eigenvalue weighted by molar-refractivity contribution is 5.93. The number of rotatable bonds is 7. The molecule has 0 aliphatic carbocycles. The first kappa shape index (κ1) is 16.9. The van der Waals surface area contributed by atoms with Gasteiger partial charge in [0.1, 0.15) is 17.3 Å². The summed E-state index contributed by atoms with van der Waals surface area (Å²) >= 11 is 0. The van der Waals surface area contributed by atoms with Gasteiger partial charge < -0.3 is 10.6 Å². The Kier molecular flexibility index (Phi) is 6.09. The van der Waals surface area contributed by atoms with Crippen LogP contribution >= 0.6 is 0 Å². The van der Waals surface area contributed by atoms with Crippen molar-refractivity contribution >= 4 is 17.4 Å². The van der Waals surface area contributed by atoms with Crippen LogP contribution in [0.1, 0.15) is 48.6 Å². The molecular weight excluding hydrogens is 288 g/mol. The second-order valence-electron chi connectivity index (χ2n) is 5.47. The van der Waals surface area contributed by atoms with E-state index < -0.39 is 0 Å². The van der Waals surface area contributed by atoms with Crippen molar-refractivity contribution in [2.45, 2.75) is 40.0 Å². The third-order valence-electron chi connectivity index (χ3n) is 3.52. The molecule has 0 radical (unpaired) electrons. The highest BCUT2D eigenvalue weighted by Crippen LogP contribution is 2.16. The molecule has 0 spiro atoms. The number of benzene rings is 1. The average Bonchev–Trinajstić information content (AvgIpc) is 2.55. The van der Waals surface area contributed by atoms with Crippen LogP contribution in [0.25, 0.3) is 0 Å². The molecule has 0 bridgehead atoms. The molecule has 1 heterocycles. The minimum Gasteiger partial charge on any atom is -0.351 e. The molecule has 0 aliphatic heterocycles. The van der Waals surface area contributed by atoms with Gasteiger partial charge in [-0.05, 0) is 37.5 Å². The quantitative estimate of drug-likeness (QED) is 0.766. The molecule has 0 atom stereocenters. The van der Waals surface area contributed by atoms with Crippen LogP contribution in [0.5, 0.6) is 0 Å². The van der Waals surface area contributed by atoms with E-state index in [0.717, 1.165) is 24.9 Å². The molecule has 0 fully saturated rings. The van der Waals surface area contributed by atoms with E-state index in [0.29, 0.717) is 23.9 Å². The number of nitrogens with zero attached hydrogens (tertiary/aromatic N) is 2. The van der Waals surface area contributed by atoms with Crippen molar-refractivity contribution in [2.75, 3.05) is 11.9 Å². The zero-order chi connectivity index (χ0) is 16.7. The summed E-state index contributed by atoms with van der Waals surface area (Å²) in [6, 6.07) is 9.86. The van der Waals surface area contributed by atoms with Gasteiger partial charge in [0.15, 0.2) is 0 Å². The minimum atomic E-state index is -0.159. The fraction of sp³-hybridized carbons (Fsp3) is 0.389. The Morgan fingerprint density at radius 2 is 1.87 bits per heavy atom. The summed E-state index contributed by atoms with van der Waals surface area (Å²) in [5.74, 6) is 1.04. The van der Waals surface area contributed by atoms with Crippen molar-refractivity contribution in [1.29, 1.82) is 0 Å². The molecule has 2 N–H and O–H groups in total. The Labute approximate surface area is 137 Å². The topological polar surface area (TPSA) is 66.9 Å². The Bertz CT molecular complexity index is 653. The zero-order valence-electron chi connectivity index (χ0n) is 14.0. The molecule has 0 unspecified atom stereocenters. The Hall–Kier alpha value is -2.43. The molecule has 23 heavy (non-hydrogen) atoms. The molecule has 122 valence electrons. The Morgan fingerprint density at radius 1 is 1.13 bits per heavy atom. The lowest BCUT2D eigenvalue weighted by atomic mass is 10.1. The van der Waals surface area contributed by atoms with Crippen molar-refractivity contribution < 1.29 is 4.79 Å². The van der Waals surface area contributed by atoms with E-state index in [1.54, 1.807) is 13.0 Å². The largest absolute Gasteiger partial charge is 0.351 e. The Morgan fingerprint density at radius 3 is 2.52 bits per heavy atom. The summed E-state index contributed by atoms with van der Waals surface area (Å²) in [7, 11) is 0. The molecule has 2 aromatic rings. The van der Waals surface area contributed by atoms with E-state index in [2.05, 4.69) is 46.6 Å². The monoisotopic (exact) mass is 312 g/mol. The predicted molar refractivity (Wildman–Crippen MR) is 93.1 cm³/mol. The van der Waals surface area contributed by atoms with Gasteiger partial charge in [-0.2, -0.15) is 0 Å². The molecule has 0 saturated carbocycles. The Balaban J connectivity index is 2.11. The van der Waals surface area contributed by atoms with Gasteiger partial charge in [-0.15, -0.1) is 0 Å². The zero-order valence-corrected chi connectivity index (χ0v) is 14.0. The van der Waals surface area contributed by atoms with E-state index in [4.69, 9.17) is 0 Å². The molecule has 0 aliphatic rings. The first-order valence-electron chi connectivity index (χ1n) is 8.12. The van der Waals surface area contributed by atoms with E-state index in [1.807, 2.05) is 12.1 Å². The maximum absolute atomic E-state index is 12.1. The second-order valence-corrected chi connectivity index (χ2v) is 5.47. The van der Waals surface area contributed by atoms with Crippen LogP contribution in [0.4, 0.5) is 11.5 Å². The molecular formula is C18H24N4O. The number of aromatic nitrogens is 2. The van der Waals surface area contributed by atoms with Gasteiger partial charge in [0, 0.05) is 18.3 Å². The van der Waals surface area contributed by atoms with Crippen molar-refractivity contribution in [3.05, 3.63) is 47.4 Å². The van der Waals surface area contributed by atoms with E-state index in [9.17, 15) is 4.79 Å². The van der Waals surface area contributed by atoms with Crippen molar-refractivity contribution in [3.63, 3.8) is 0 Å². The first-order valence-corrected chi connectivity index (χ1v) is 8.12. The van der Waals surface area contributed by atoms with Crippen LogP contribution in [0, 0.1) is 6.92 Å². The van der Waals surface area contributed by atoms with Crippen LogP contribution in [0.15, 0.2) is 30.3 Å². The van der Waals surface area contributed by atoms with E-state index >= 15 is 0 Å². The lowest BCUT2D eigenvalue weighted by Crippen LogP contribution is -2.25. The highest BCUT2D eigenvalue weighted by Gasteiger charge is 2.10. The third kappa shape index (κ3) is 5.06. The number of nitrogens with one attached hydrogen (secondary N) is 2. The van der Waals surface area contributed by atoms with Crippen LogP contribution < -0.4 is 10.6 Å². The molecule has 2 rings (SSSR count). The van der Waals surface area contributed by atoms with Crippen molar-refractivity contribution in [1.82, 2.24) is 15.3 Å². The van der Waals surface area contributed by atoms with Gasteiger partial charge in [0.2, 0.25) is 0 Å². The number of hydrogen-bond acceptors (Lipinski definition) is 4. The van der Waals surface area contributed by atoms with Gasteiger partial charge in [0.05, 0.1) is 0 Å². The molecule has 1 aromatic carbocycles. The van der Waals surface area contributed by atoms with E-state index in [-0.39, 0.29) is 5.91 Å². The summed E-state index contributed by atoms with van der Waals surface area (Å²) in [5.41, 5.74) is 2.62. The smallest absolute Gasteiger partial charge is 0.270 e. The highest BCUT2D eigenvalue weighted by atomic mass is 16.1. The normalized spacial score (nSPS) is 10.4. The molecule has 1 aromatic heterocycles. The van der Waals surface area contributed by atoms with Gasteiger partial charge >= 0.3 is 0 Å². The standard InChI is InChI=1S/C18H24N4O/c1-4-6-11-19-18(23)16-12-17(21-13(3)20-16)22-15-9-7-14(5-2)8-10-15/h7-10,12H,4-6,11H2,1-3H3,(H,19,23)(H,20,21,22). The first-order chi connectivity index (χ1) is 11.1. The van der Waals surface area contributed by atoms with Gasteiger partial charge in [0.25, 0.3) is 5.91 Å². The van der Waals surface area contributed by atoms with Crippen LogP contribution in [-0.2, 0) is 6.42 Å². The van der Waals surface area contributed by atoms with Crippen molar-refractivity contribution in [2.24, 2.45) is 0 Å². The average molecular weight is 312 g/mol. The summed E-state index contributed by atoms with van der Waals surface area (Å²) in [4.78, 5) is 20.7. The lowest BCUT2D eigenvalue weighted by Gasteiger charge is -2.09. The van der Waals surface area contributed by atoms with Gasteiger partial charge in [-0.3, -0.25) is 4.79 Å². The number of amides is 1. The van der Waals surface area contributed by atoms with Crippen LogP contribution in [0.3, 0.4) is 0 Å². The summed E-state index contributed by atoms with van der Waals surface area (Å²) < 4.78 is 0. The number of aryl methyl sites for hydroxylation is 2. The number of carbonyl (C=O) groups excluding carboxylic acids is 1. The molecule has 1 amide bonds. The number of unbranched alkanes of at least 4 members (excludes halogenated alkanes) is 1.